The van der Waals surface area contributed by atoms with Crippen LogP contribution >= 0.6 is 11.6 Å². The average Bonchev–Trinajstić information content (AvgIpc) is 3.49. The Balaban J connectivity index is 1.08. The van der Waals surface area contributed by atoms with Gasteiger partial charge in [0, 0.05) is 30.5 Å². The molecule has 2 atom stereocenters. The number of carbonyl (C=O) groups excluding carboxylic acids is 1. The number of halogens is 4. The third kappa shape index (κ3) is 7.88. The highest BCUT2D eigenvalue weighted by atomic mass is 35.5. The van der Waals surface area contributed by atoms with E-state index in [2.05, 4.69) is 44.3 Å². The fraction of sp³-hybridized carbons (Fsp3) is 0.517. The summed E-state index contributed by atoms with van der Waals surface area (Å²) >= 11 is 6.26. The number of nitrogens with one attached hydrogen (secondary N) is 3. The second kappa shape index (κ2) is 13.0. The van der Waals surface area contributed by atoms with Crippen molar-refractivity contribution in [3.05, 3.63) is 53.4 Å². The number of hydrogen-bond donors (Lipinski definition) is 3. The van der Waals surface area contributed by atoms with Gasteiger partial charge in [0.2, 0.25) is 5.88 Å². The summed E-state index contributed by atoms with van der Waals surface area (Å²) in [5.74, 6) is 1.03. The molecular formula is C29H35ClF3N7O3S. The molecule has 10 nitrogen and oxygen atoms in total. The van der Waals surface area contributed by atoms with Gasteiger partial charge in [0.25, 0.3) is 5.91 Å². The van der Waals surface area contributed by atoms with Crippen LogP contribution in [0.5, 0.6) is 5.88 Å². The third-order valence-electron chi connectivity index (χ3n) is 8.06. The van der Waals surface area contributed by atoms with E-state index in [0.717, 1.165) is 25.9 Å². The zero-order valence-electron chi connectivity index (χ0n) is 24.4. The molecule has 4 heterocycles. The second-order valence-corrected chi connectivity index (χ2v) is 13.5. The number of rotatable bonds is 13. The van der Waals surface area contributed by atoms with Gasteiger partial charge in [0.15, 0.2) is 16.8 Å². The first kappa shape index (κ1) is 32.2. The molecule has 2 aliphatic rings. The predicted molar refractivity (Wildman–Crippen MR) is 160 cm³/mol. The molecule has 0 radical (unpaired) electrons. The molecule has 1 aliphatic heterocycles. The molecule has 5 rings (SSSR count). The Morgan fingerprint density at radius 1 is 1.23 bits per heavy atom. The monoisotopic (exact) mass is 653 g/mol. The molecule has 2 unspecified atom stereocenters. The van der Waals surface area contributed by atoms with Crippen molar-refractivity contribution >= 4 is 34.3 Å². The molecule has 1 aliphatic carbocycles. The lowest BCUT2D eigenvalue weighted by Gasteiger charge is -2.18. The van der Waals surface area contributed by atoms with Gasteiger partial charge >= 0.3 is 6.18 Å². The molecule has 0 bridgehead atoms. The number of anilines is 1. The third-order valence-corrected chi connectivity index (χ3v) is 9.39. The molecule has 44 heavy (non-hydrogen) atoms. The molecule has 15 heteroatoms. The van der Waals surface area contributed by atoms with Crippen LogP contribution in [0.25, 0.3) is 5.82 Å². The Morgan fingerprint density at radius 3 is 2.66 bits per heavy atom. The predicted octanol–water partition coefficient (Wildman–Crippen LogP) is 5.46. The van der Waals surface area contributed by atoms with E-state index >= 15 is 0 Å². The average molecular weight is 654 g/mol. The number of aromatic nitrogens is 4. The minimum absolute atomic E-state index is 0.00127. The molecule has 2 fully saturated rings. The van der Waals surface area contributed by atoms with Crippen LogP contribution in [0.1, 0.15) is 62.7 Å². The van der Waals surface area contributed by atoms with Crippen molar-refractivity contribution in [1.82, 2.24) is 29.8 Å². The van der Waals surface area contributed by atoms with Crippen LogP contribution in [0.3, 0.4) is 0 Å². The van der Waals surface area contributed by atoms with Crippen molar-refractivity contribution in [2.24, 2.45) is 11.3 Å². The van der Waals surface area contributed by atoms with Crippen LogP contribution in [0.4, 0.5) is 19.0 Å². The Kier molecular flexibility index (Phi) is 9.52. The van der Waals surface area contributed by atoms with Gasteiger partial charge in [-0.3, -0.25) is 9.52 Å². The van der Waals surface area contributed by atoms with Crippen molar-refractivity contribution < 1.29 is 26.9 Å². The Hall–Kier alpha value is -3.23. The lowest BCUT2D eigenvalue weighted by atomic mass is 9.94. The van der Waals surface area contributed by atoms with Gasteiger partial charge in [-0.2, -0.15) is 13.2 Å². The van der Waals surface area contributed by atoms with Crippen LogP contribution in [-0.2, 0) is 11.0 Å². The molecule has 1 saturated carbocycles. The molecule has 1 amide bonds. The highest BCUT2D eigenvalue weighted by Crippen LogP contribution is 2.59. The summed E-state index contributed by atoms with van der Waals surface area (Å²) in [4.78, 5) is 21.6. The minimum atomic E-state index is -4.24. The van der Waals surface area contributed by atoms with Gasteiger partial charge < -0.3 is 15.4 Å². The topological polar surface area (TPSA) is 123 Å². The van der Waals surface area contributed by atoms with Gasteiger partial charge in [-0.05, 0) is 89.1 Å². The number of amides is 1. The number of alkyl halides is 3. The highest BCUT2D eigenvalue weighted by Gasteiger charge is 2.62. The minimum Gasteiger partial charge on any atom is -0.477 e. The molecular weight excluding hydrogens is 619 g/mol. The van der Waals surface area contributed by atoms with Gasteiger partial charge in [0.05, 0.1) is 22.5 Å². The van der Waals surface area contributed by atoms with E-state index < -0.39 is 28.5 Å². The number of nitrogens with zero attached hydrogens (tertiary/aromatic N) is 4. The fourth-order valence-corrected chi connectivity index (χ4v) is 6.27. The summed E-state index contributed by atoms with van der Waals surface area (Å²) in [6, 6.07) is 7.73. The fourth-order valence-electron chi connectivity index (χ4n) is 5.30. The quantitative estimate of drug-likeness (QED) is 0.164. The maximum absolute atomic E-state index is 13.1. The van der Waals surface area contributed by atoms with Gasteiger partial charge in [-0.15, -0.1) is 5.10 Å². The highest BCUT2D eigenvalue weighted by molar-refractivity contribution is 7.83. The van der Waals surface area contributed by atoms with Crippen molar-refractivity contribution in [3.8, 4) is 11.7 Å². The Morgan fingerprint density at radius 2 is 2.02 bits per heavy atom. The maximum Gasteiger partial charge on any atom is 0.394 e. The first-order valence-electron chi connectivity index (χ1n) is 14.4. The van der Waals surface area contributed by atoms with Gasteiger partial charge in [0.1, 0.15) is 11.0 Å². The first-order valence-corrected chi connectivity index (χ1v) is 16.0. The maximum atomic E-state index is 13.1. The number of hydrogen-bond acceptors (Lipinski definition) is 8. The van der Waals surface area contributed by atoms with Crippen molar-refractivity contribution in [2.45, 2.75) is 69.0 Å². The molecule has 3 N–H and O–H groups in total. The van der Waals surface area contributed by atoms with Crippen LogP contribution < -0.4 is 20.1 Å². The summed E-state index contributed by atoms with van der Waals surface area (Å²) in [5.41, 5.74) is -1.44. The summed E-state index contributed by atoms with van der Waals surface area (Å²) in [7, 11) is -1.88. The number of ether oxygens (including phenoxy) is 1. The van der Waals surface area contributed by atoms with Crippen molar-refractivity contribution in [2.75, 3.05) is 25.0 Å². The number of carbonyl (C=O) groups is 1. The molecule has 1 saturated heterocycles. The molecule has 0 aromatic carbocycles. The zero-order chi connectivity index (χ0) is 31.5. The van der Waals surface area contributed by atoms with Crippen LogP contribution in [0, 0.1) is 11.3 Å². The Labute approximate surface area is 261 Å². The molecule has 238 valence electrons. The smallest absolute Gasteiger partial charge is 0.394 e. The van der Waals surface area contributed by atoms with Crippen LogP contribution in [-0.4, -0.2) is 61.3 Å². The normalized spacial score (nSPS) is 19.4. The van der Waals surface area contributed by atoms with E-state index in [9.17, 15) is 22.2 Å². The molecule has 3 aromatic heterocycles. The van der Waals surface area contributed by atoms with E-state index in [-0.39, 0.29) is 53.8 Å². The lowest BCUT2D eigenvalue weighted by Crippen LogP contribution is -2.31. The van der Waals surface area contributed by atoms with Gasteiger partial charge in [-0.1, -0.05) is 11.6 Å². The van der Waals surface area contributed by atoms with Crippen LogP contribution in [0.15, 0.2) is 47.6 Å². The summed E-state index contributed by atoms with van der Waals surface area (Å²) in [6.07, 6.45) is 2.13. The van der Waals surface area contributed by atoms with E-state index in [1.165, 1.54) is 41.7 Å². The summed E-state index contributed by atoms with van der Waals surface area (Å²) in [6.45, 7) is 6.15. The van der Waals surface area contributed by atoms with E-state index in [4.69, 9.17) is 16.3 Å². The second-order valence-electron chi connectivity index (χ2n) is 12.0. The summed E-state index contributed by atoms with van der Waals surface area (Å²) < 4.78 is 61.2. The van der Waals surface area contributed by atoms with Crippen LogP contribution in [0.2, 0.25) is 5.15 Å². The number of pyridine rings is 2. The lowest BCUT2D eigenvalue weighted by molar-refractivity contribution is -0.190. The summed E-state index contributed by atoms with van der Waals surface area (Å²) in [5, 5.41) is 10.8. The Bertz CT molecular complexity index is 1500. The van der Waals surface area contributed by atoms with Gasteiger partial charge in [-0.25, -0.2) is 18.9 Å². The van der Waals surface area contributed by atoms with E-state index in [0.29, 0.717) is 16.6 Å². The molecule has 0 spiro atoms. The first-order chi connectivity index (χ1) is 20.8. The van der Waals surface area contributed by atoms with Crippen molar-refractivity contribution in [3.63, 3.8) is 0 Å². The van der Waals surface area contributed by atoms with Crippen molar-refractivity contribution in [1.29, 1.82) is 0 Å². The zero-order valence-corrected chi connectivity index (χ0v) is 26.0. The molecule has 3 aromatic rings. The van der Waals surface area contributed by atoms with E-state index in [1.807, 2.05) is 0 Å². The van der Waals surface area contributed by atoms with E-state index in [1.54, 1.807) is 12.1 Å². The largest absolute Gasteiger partial charge is 0.477 e. The standard InChI is InChI=1S/C29H35ClF3N7O3S/c1-27(2)16-19(17-36-27)4-3-13-34-22-7-5-20(18-35-22)44(42)39-26(41)21-6-8-23(37-25(21)30)40-14-9-24(38-40)43-15-12-28(10-11-28)29(31,32)33/h5-9,14,18-19,36H,3-4,10-13,15-17H2,1-2H3,(H,34,35)(H,39,41). The SMILES string of the molecule is CC1(C)CC(CCCNc2ccc(S(=O)NC(=O)c3ccc(-n4ccc(OCCC5(C(F)(F)F)CC5)n4)nc3Cl)cn2)CN1.